The van der Waals surface area contributed by atoms with Crippen molar-refractivity contribution in [1.82, 2.24) is 19.5 Å². The van der Waals surface area contributed by atoms with E-state index in [0.29, 0.717) is 11.6 Å². The van der Waals surface area contributed by atoms with Gasteiger partial charge in [-0.1, -0.05) is 30.3 Å². The molecule has 0 saturated heterocycles. The van der Waals surface area contributed by atoms with Crippen LogP contribution in [0.3, 0.4) is 0 Å². The molecule has 26 heavy (non-hydrogen) atoms. The Balaban J connectivity index is 1.67. The van der Waals surface area contributed by atoms with Gasteiger partial charge < -0.3 is 9.30 Å². The van der Waals surface area contributed by atoms with Gasteiger partial charge in [-0.2, -0.15) is 0 Å². The van der Waals surface area contributed by atoms with Crippen LogP contribution >= 0.6 is 0 Å². The van der Waals surface area contributed by atoms with Crippen molar-refractivity contribution in [3.8, 4) is 28.8 Å². The van der Waals surface area contributed by atoms with Crippen LogP contribution in [0.15, 0.2) is 60.9 Å². The van der Waals surface area contributed by atoms with Crippen molar-refractivity contribution < 1.29 is 4.74 Å². The number of methoxy groups -OCH3 is 1. The van der Waals surface area contributed by atoms with E-state index in [9.17, 15) is 0 Å². The van der Waals surface area contributed by atoms with Gasteiger partial charge in [0, 0.05) is 36.5 Å². The Bertz CT molecular complexity index is 1140. The fourth-order valence-electron chi connectivity index (χ4n) is 2.63. The van der Waals surface area contributed by atoms with Crippen LogP contribution in [0.2, 0.25) is 0 Å². The summed E-state index contributed by atoms with van der Waals surface area (Å²) in [4.78, 5) is 13.4. The lowest BCUT2D eigenvalue weighted by molar-refractivity contribution is 0.415. The Kier molecular flexibility index (Phi) is 4.08. The Labute approximate surface area is 151 Å². The minimum absolute atomic E-state index is 0.454. The smallest absolute Gasteiger partial charge is 0.205 e. The molecule has 0 saturated carbocycles. The lowest BCUT2D eigenvalue weighted by Gasteiger charge is -2.01. The second-order valence-electron chi connectivity index (χ2n) is 5.80. The van der Waals surface area contributed by atoms with E-state index < -0.39 is 0 Å². The number of aromatic nitrogens is 4. The van der Waals surface area contributed by atoms with Crippen molar-refractivity contribution in [3.63, 3.8) is 0 Å². The van der Waals surface area contributed by atoms with E-state index in [-0.39, 0.29) is 0 Å². The first kappa shape index (κ1) is 15.9. The molecule has 0 atom stereocenters. The number of hydrogen-bond donors (Lipinski definition) is 0. The molecule has 5 heteroatoms. The van der Waals surface area contributed by atoms with E-state index >= 15 is 0 Å². The van der Waals surface area contributed by atoms with Gasteiger partial charge in [-0.15, -0.1) is 0 Å². The van der Waals surface area contributed by atoms with Crippen LogP contribution in [-0.4, -0.2) is 26.6 Å². The van der Waals surface area contributed by atoms with E-state index in [1.807, 2.05) is 66.3 Å². The highest BCUT2D eigenvalue weighted by Crippen LogP contribution is 2.19. The first-order valence-corrected chi connectivity index (χ1v) is 8.14. The third kappa shape index (κ3) is 3.13. The number of fused-ring (bicyclic) bond motifs is 1. The zero-order valence-electron chi connectivity index (χ0n) is 14.5. The molecule has 0 aliphatic rings. The van der Waals surface area contributed by atoms with Gasteiger partial charge >= 0.3 is 0 Å². The van der Waals surface area contributed by atoms with Crippen molar-refractivity contribution in [2.75, 3.05) is 7.11 Å². The minimum atomic E-state index is 0.454. The zero-order valence-corrected chi connectivity index (χ0v) is 14.5. The van der Waals surface area contributed by atoms with Crippen LogP contribution in [0.1, 0.15) is 11.6 Å². The summed E-state index contributed by atoms with van der Waals surface area (Å²) in [6.45, 7) is 0. The standard InChI is InChI=1S/C21H16N4O/c1-25-14-19(15-6-4-3-5-7-15)24-21(25)11-10-20-22-13-16-8-9-17(26-2)12-18(16)23-20/h3-9,12-14H,1-2H3. The molecule has 0 fully saturated rings. The van der Waals surface area contributed by atoms with Gasteiger partial charge in [0.25, 0.3) is 0 Å². The molecule has 0 unspecified atom stereocenters. The summed E-state index contributed by atoms with van der Waals surface area (Å²) in [6.07, 6.45) is 3.73. The quantitative estimate of drug-likeness (QED) is 0.525. The van der Waals surface area contributed by atoms with E-state index in [1.54, 1.807) is 13.3 Å². The van der Waals surface area contributed by atoms with Gasteiger partial charge in [0.05, 0.1) is 18.3 Å². The molecular formula is C21H16N4O. The SMILES string of the molecule is COc1ccc2cnc(C#Cc3nc(-c4ccccc4)cn3C)nc2c1. The van der Waals surface area contributed by atoms with E-state index in [2.05, 4.69) is 26.8 Å². The largest absolute Gasteiger partial charge is 0.497 e. The van der Waals surface area contributed by atoms with Crippen molar-refractivity contribution in [2.45, 2.75) is 0 Å². The summed E-state index contributed by atoms with van der Waals surface area (Å²) in [7, 11) is 3.56. The maximum Gasteiger partial charge on any atom is 0.205 e. The number of ether oxygens (including phenoxy) is 1. The molecule has 0 aliphatic carbocycles. The first-order valence-electron chi connectivity index (χ1n) is 8.14. The lowest BCUT2D eigenvalue weighted by atomic mass is 10.2. The number of hydrogen-bond acceptors (Lipinski definition) is 4. The molecule has 0 spiro atoms. The second kappa shape index (κ2) is 6.69. The Morgan fingerprint density at radius 2 is 1.85 bits per heavy atom. The average molecular weight is 340 g/mol. The fourth-order valence-corrected chi connectivity index (χ4v) is 2.63. The van der Waals surface area contributed by atoms with Crippen LogP contribution in [0.4, 0.5) is 0 Å². The average Bonchev–Trinajstić information content (AvgIpc) is 3.07. The van der Waals surface area contributed by atoms with Crippen LogP contribution in [0, 0.1) is 11.8 Å². The third-order valence-electron chi connectivity index (χ3n) is 4.02. The van der Waals surface area contributed by atoms with E-state index in [4.69, 9.17) is 4.74 Å². The summed E-state index contributed by atoms with van der Waals surface area (Å²) in [5.41, 5.74) is 2.75. The maximum absolute atomic E-state index is 5.24. The fraction of sp³-hybridized carbons (Fsp3) is 0.0952. The van der Waals surface area contributed by atoms with Crippen LogP contribution in [0.5, 0.6) is 5.75 Å². The van der Waals surface area contributed by atoms with Crippen LogP contribution in [-0.2, 0) is 7.05 Å². The van der Waals surface area contributed by atoms with Crippen LogP contribution in [0.25, 0.3) is 22.2 Å². The number of imidazole rings is 1. The maximum atomic E-state index is 5.24. The summed E-state index contributed by atoms with van der Waals surface area (Å²) < 4.78 is 7.14. The normalized spacial score (nSPS) is 10.4. The van der Waals surface area contributed by atoms with Gasteiger partial charge in [0.1, 0.15) is 5.75 Å². The molecule has 2 heterocycles. The number of rotatable bonds is 2. The summed E-state index contributed by atoms with van der Waals surface area (Å²) >= 11 is 0. The first-order chi connectivity index (χ1) is 12.7. The summed E-state index contributed by atoms with van der Waals surface area (Å²) in [5, 5.41) is 0.944. The number of nitrogens with zero attached hydrogens (tertiary/aromatic N) is 4. The Morgan fingerprint density at radius 1 is 1.00 bits per heavy atom. The monoisotopic (exact) mass is 340 g/mol. The topological polar surface area (TPSA) is 52.8 Å². The summed E-state index contributed by atoms with van der Waals surface area (Å²) in [5.74, 6) is 7.93. The molecule has 5 nitrogen and oxygen atoms in total. The summed E-state index contributed by atoms with van der Waals surface area (Å²) in [6, 6.07) is 15.7. The van der Waals surface area contributed by atoms with Crippen molar-refractivity contribution >= 4 is 10.9 Å². The number of aryl methyl sites for hydroxylation is 1. The van der Waals surface area contributed by atoms with E-state index in [0.717, 1.165) is 27.9 Å². The predicted molar refractivity (Wildman–Crippen MR) is 101 cm³/mol. The second-order valence-corrected chi connectivity index (χ2v) is 5.80. The van der Waals surface area contributed by atoms with Crippen LogP contribution < -0.4 is 4.74 Å². The molecule has 0 aliphatic heterocycles. The molecule has 126 valence electrons. The molecule has 0 N–H and O–H groups in total. The highest BCUT2D eigenvalue weighted by molar-refractivity contribution is 5.79. The molecule has 0 amide bonds. The van der Waals surface area contributed by atoms with Gasteiger partial charge in [-0.25, -0.2) is 15.0 Å². The highest BCUT2D eigenvalue weighted by Gasteiger charge is 2.05. The van der Waals surface area contributed by atoms with Crippen molar-refractivity contribution in [3.05, 3.63) is 72.6 Å². The van der Waals surface area contributed by atoms with E-state index in [1.165, 1.54) is 0 Å². The van der Waals surface area contributed by atoms with Gasteiger partial charge in [-0.05, 0) is 24.0 Å². The Hall–Kier alpha value is -3.65. The molecule has 4 aromatic rings. The predicted octanol–water partition coefficient (Wildman–Crippen LogP) is 3.44. The minimum Gasteiger partial charge on any atom is -0.497 e. The lowest BCUT2D eigenvalue weighted by Crippen LogP contribution is -1.93. The highest BCUT2D eigenvalue weighted by atomic mass is 16.5. The number of benzene rings is 2. The third-order valence-corrected chi connectivity index (χ3v) is 4.02. The molecule has 2 aromatic heterocycles. The van der Waals surface area contributed by atoms with Crippen molar-refractivity contribution in [1.29, 1.82) is 0 Å². The van der Waals surface area contributed by atoms with Gasteiger partial charge in [-0.3, -0.25) is 0 Å². The van der Waals surface area contributed by atoms with Gasteiger partial charge in [0.2, 0.25) is 5.82 Å². The molecule has 0 radical (unpaired) electrons. The molecule has 0 bridgehead atoms. The zero-order chi connectivity index (χ0) is 17.9. The molecular weight excluding hydrogens is 324 g/mol. The Morgan fingerprint density at radius 3 is 2.65 bits per heavy atom. The van der Waals surface area contributed by atoms with Crippen molar-refractivity contribution in [2.24, 2.45) is 7.05 Å². The molecule has 4 rings (SSSR count). The van der Waals surface area contributed by atoms with Gasteiger partial charge in [0.15, 0.2) is 5.82 Å². The molecule has 2 aromatic carbocycles.